The Kier molecular flexibility index (Phi) is 5.72. The van der Waals surface area contributed by atoms with Crippen LogP contribution in [0.4, 0.5) is 0 Å². The Balaban J connectivity index is 1.97. The number of nitrogens with zero attached hydrogens (tertiary/aromatic N) is 1. The van der Waals surface area contributed by atoms with Crippen LogP contribution in [-0.2, 0) is 4.79 Å². The number of hydrogen-bond donors (Lipinski definition) is 1. The number of methoxy groups -OCH3 is 2. The number of ether oxygens (including phenoxy) is 2. The van der Waals surface area contributed by atoms with Crippen molar-refractivity contribution in [1.82, 2.24) is 4.98 Å². The maximum atomic E-state index is 11.7. The summed E-state index contributed by atoms with van der Waals surface area (Å²) < 4.78 is 17.0. The molecule has 1 aromatic heterocycles. The monoisotopic (exact) mass is 483 g/mol. The van der Waals surface area contributed by atoms with Crippen molar-refractivity contribution >= 4 is 57.5 Å². The van der Waals surface area contributed by atoms with Crippen molar-refractivity contribution in [1.29, 1.82) is 0 Å². The number of rotatable bonds is 6. The summed E-state index contributed by atoms with van der Waals surface area (Å²) >= 11 is 3.07. The van der Waals surface area contributed by atoms with Gasteiger partial charge in [0.05, 0.1) is 17.8 Å². The molecule has 0 atom stereocenters. The minimum absolute atomic E-state index is 0.0829. The van der Waals surface area contributed by atoms with E-state index in [1.54, 1.807) is 25.3 Å². The molecule has 6 nitrogen and oxygen atoms in total. The van der Waals surface area contributed by atoms with E-state index >= 15 is 0 Å². The molecule has 0 bridgehead atoms. The zero-order valence-corrected chi connectivity index (χ0v) is 16.8. The number of fused-ring (bicyclic) bond motifs is 1. The number of benzene rings is 2. The van der Waals surface area contributed by atoms with Crippen molar-refractivity contribution < 1.29 is 23.8 Å². The fourth-order valence-electron chi connectivity index (χ4n) is 2.30. The Hall–Kier alpha value is -2.20. The van der Waals surface area contributed by atoms with Gasteiger partial charge in [-0.05, 0) is 70.3 Å². The first-order valence-corrected chi connectivity index (χ1v) is 9.31. The van der Waals surface area contributed by atoms with Crippen LogP contribution in [0.2, 0.25) is 0 Å². The van der Waals surface area contributed by atoms with E-state index in [9.17, 15) is 9.90 Å². The van der Waals surface area contributed by atoms with Crippen molar-refractivity contribution in [2.45, 2.75) is 5.22 Å². The van der Waals surface area contributed by atoms with Gasteiger partial charge in [0.15, 0.2) is 17.1 Å². The van der Waals surface area contributed by atoms with Crippen molar-refractivity contribution in [3.05, 3.63) is 50.4 Å². The molecule has 0 saturated heterocycles. The lowest BCUT2D eigenvalue weighted by atomic mass is 10.2. The van der Waals surface area contributed by atoms with Crippen LogP contribution < -0.4 is 9.47 Å². The number of halogens is 1. The van der Waals surface area contributed by atoms with Gasteiger partial charge >= 0.3 is 5.97 Å². The van der Waals surface area contributed by atoms with Crippen molar-refractivity contribution in [2.24, 2.45) is 0 Å². The highest BCUT2D eigenvalue weighted by Crippen LogP contribution is 2.36. The van der Waals surface area contributed by atoms with Gasteiger partial charge in [0.1, 0.15) is 10.4 Å². The summed E-state index contributed by atoms with van der Waals surface area (Å²) in [5, 5.41) is 9.82. The van der Waals surface area contributed by atoms with E-state index in [4.69, 9.17) is 13.9 Å². The molecule has 0 radical (unpaired) electrons. The lowest BCUT2D eigenvalue weighted by Crippen LogP contribution is -1.98. The molecule has 1 N–H and O–H groups in total. The third kappa shape index (κ3) is 3.96. The molecular weight excluding hydrogens is 469 g/mol. The number of para-hydroxylation sites is 2. The molecule has 0 aliphatic heterocycles. The van der Waals surface area contributed by atoms with Crippen LogP contribution in [0.25, 0.3) is 17.2 Å². The first-order valence-electron chi connectivity index (χ1n) is 7.41. The van der Waals surface area contributed by atoms with Gasteiger partial charge in [-0.1, -0.05) is 12.1 Å². The largest absolute Gasteiger partial charge is 0.493 e. The lowest BCUT2D eigenvalue weighted by Gasteiger charge is -2.10. The third-order valence-electron chi connectivity index (χ3n) is 3.44. The molecule has 3 aromatic rings. The minimum Gasteiger partial charge on any atom is -0.493 e. The number of oxazole rings is 1. The number of aliphatic carboxylic acids is 1. The van der Waals surface area contributed by atoms with E-state index in [0.717, 1.165) is 15.3 Å². The maximum absolute atomic E-state index is 11.7. The maximum Gasteiger partial charge on any atom is 0.342 e. The average Bonchev–Trinajstić information content (AvgIpc) is 3.03. The van der Waals surface area contributed by atoms with E-state index in [0.29, 0.717) is 28.2 Å². The minimum atomic E-state index is -1.07. The highest BCUT2D eigenvalue weighted by molar-refractivity contribution is 14.1. The van der Waals surface area contributed by atoms with Gasteiger partial charge in [-0.25, -0.2) is 9.78 Å². The van der Waals surface area contributed by atoms with E-state index in [-0.39, 0.29) is 10.1 Å². The van der Waals surface area contributed by atoms with Gasteiger partial charge in [0.25, 0.3) is 5.22 Å². The zero-order chi connectivity index (χ0) is 18.7. The van der Waals surface area contributed by atoms with E-state index in [2.05, 4.69) is 27.6 Å². The van der Waals surface area contributed by atoms with E-state index in [1.165, 1.54) is 7.11 Å². The third-order valence-corrected chi connectivity index (χ3v) is 5.10. The Morgan fingerprint density at radius 3 is 2.69 bits per heavy atom. The van der Waals surface area contributed by atoms with Crippen molar-refractivity contribution in [3.63, 3.8) is 0 Å². The normalized spacial score (nSPS) is 11.6. The first kappa shape index (κ1) is 18.6. The molecule has 0 saturated carbocycles. The molecule has 0 amide bonds. The van der Waals surface area contributed by atoms with E-state index < -0.39 is 5.97 Å². The van der Waals surface area contributed by atoms with Gasteiger partial charge in [0.2, 0.25) is 0 Å². The van der Waals surface area contributed by atoms with Gasteiger partial charge in [-0.15, -0.1) is 0 Å². The number of thioether (sulfide) groups is 1. The molecule has 1 heterocycles. The van der Waals surface area contributed by atoms with Gasteiger partial charge in [0, 0.05) is 0 Å². The van der Waals surface area contributed by atoms with E-state index in [1.807, 2.05) is 24.3 Å². The molecule has 0 aliphatic rings. The van der Waals surface area contributed by atoms with Crippen LogP contribution in [0.5, 0.6) is 11.5 Å². The molecule has 0 unspecified atom stereocenters. The molecule has 26 heavy (non-hydrogen) atoms. The summed E-state index contributed by atoms with van der Waals surface area (Å²) in [7, 11) is 3.09. The Bertz CT molecular complexity index is 965. The summed E-state index contributed by atoms with van der Waals surface area (Å²) in [6, 6.07) is 10.8. The van der Waals surface area contributed by atoms with Crippen LogP contribution in [-0.4, -0.2) is 30.3 Å². The Morgan fingerprint density at radius 2 is 2.04 bits per heavy atom. The zero-order valence-electron chi connectivity index (χ0n) is 13.9. The summed E-state index contributed by atoms with van der Waals surface area (Å²) in [6.07, 6.45) is 1.55. The second-order valence-electron chi connectivity index (χ2n) is 5.10. The summed E-state index contributed by atoms with van der Waals surface area (Å²) in [6.45, 7) is 0. The molecular formula is C18H14INO5S. The summed E-state index contributed by atoms with van der Waals surface area (Å²) in [5.41, 5.74) is 1.97. The topological polar surface area (TPSA) is 81.8 Å². The molecule has 0 fully saturated rings. The fraction of sp³-hybridized carbons (Fsp3) is 0.111. The molecule has 3 rings (SSSR count). The number of aromatic nitrogens is 1. The van der Waals surface area contributed by atoms with Crippen molar-refractivity contribution in [2.75, 3.05) is 14.2 Å². The van der Waals surface area contributed by atoms with Gasteiger partial charge < -0.3 is 19.0 Å². The number of carbonyl (C=O) groups is 1. The van der Waals surface area contributed by atoms with Crippen LogP contribution in [0.3, 0.4) is 0 Å². The van der Waals surface area contributed by atoms with Gasteiger partial charge in [-0.3, -0.25) is 0 Å². The highest BCUT2D eigenvalue weighted by atomic mass is 127. The Morgan fingerprint density at radius 1 is 1.27 bits per heavy atom. The number of carboxylic acid groups (broad SMARTS) is 1. The fourth-order valence-corrected chi connectivity index (χ4v) is 3.89. The quantitative estimate of drug-likeness (QED) is 0.310. The first-order chi connectivity index (χ1) is 12.5. The van der Waals surface area contributed by atoms with Crippen LogP contribution in [0.15, 0.2) is 50.9 Å². The summed E-state index contributed by atoms with van der Waals surface area (Å²) in [4.78, 5) is 16.1. The van der Waals surface area contributed by atoms with Crippen molar-refractivity contribution in [3.8, 4) is 11.5 Å². The summed E-state index contributed by atoms with van der Waals surface area (Å²) in [5.74, 6) is 0.0676. The van der Waals surface area contributed by atoms with Crippen LogP contribution in [0.1, 0.15) is 5.56 Å². The molecule has 2 aromatic carbocycles. The second-order valence-corrected chi connectivity index (χ2v) is 7.26. The average molecular weight is 483 g/mol. The van der Waals surface area contributed by atoms with Crippen LogP contribution >= 0.6 is 34.4 Å². The lowest BCUT2D eigenvalue weighted by molar-refractivity contribution is -0.131. The highest BCUT2D eigenvalue weighted by Gasteiger charge is 2.16. The number of carboxylic acids is 1. The van der Waals surface area contributed by atoms with Gasteiger partial charge in [-0.2, -0.15) is 0 Å². The number of hydrogen-bond acceptors (Lipinski definition) is 6. The smallest absolute Gasteiger partial charge is 0.342 e. The predicted molar refractivity (Wildman–Crippen MR) is 108 cm³/mol. The molecule has 8 heteroatoms. The van der Waals surface area contributed by atoms with Crippen LogP contribution in [0, 0.1) is 3.57 Å². The second kappa shape index (κ2) is 8.00. The predicted octanol–water partition coefficient (Wildman–Crippen LogP) is 4.67. The Labute approximate surface area is 167 Å². The molecule has 0 spiro atoms. The molecule has 0 aliphatic carbocycles. The standard InChI is InChI=1S/C18H14INO5S/c1-23-14-8-10(7-11(19)16(14)24-2)9-15(17(21)22)26-18-20-12-5-3-4-6-13(12)25-18/h3-9H,1-2H3,(H,21,22)/b15-9-. The SMILES string of the molecule is COc1cc(/C=C(\Sc2nc3ccccc3o2)C(=O)O)cc(I)c1OC. The molecule has 134 valence electrons.